The molecule has 0 bridgehead atoms. The van der Waals surface area contributed by atoms with Gasteiger partial charge in [-0.3, -0.25) is 14.3 Å². The van der Waals surface area contributed by atoms with Gasteiger partial charge in [-0.15, -0.1) is 0 Å². The van der Waals surface area contributed by atoms with Gasteiger partial charge in [0.1, 0.15) is 18.5 Å². The van der Waals surface area contributed by atoms with Gasteiger partial charge in [0.25, 0.3) is 5.56 Å². The summed E-state index contributed by atoms with van der Waals surface area (Å²) in [7, 11) is 1.53. The minimum atomic E-state index is -0.889. The summed E-state index contributed by atoms with van der Waals surface area (Å²) in [5.74, 6) is 1.03. The van der Waals surface area contributed by atoms with E-state index in [0.717, 1.165) is 0 Å². The first-order valence-corrected chi connectivity index (χ1v) is 8.60. The number of nitrogens with one attached hydrogen (secondary N) is 2. The van der Waals surface area contributed by atoms with Gasteiger partial charge >= 0.3 is 5.69 Å². The molecule has 0 spiro atoms. The van der Waals surface area contributed by atoms with E-state index in [4.69, 9.17) is 4.74 Å². The number of nitrogens with zero attached hydrogens (tertiary/aromatic N) is 3. The molecule has 144 valence electrons. The summed E-state index contributed by atoms with van der Waals surface area (Å²) in [4.78, 5) is 30.8. The van der Waals surface area contributed by atoms with E-state index in [1.54, 1.807) is 16.7 Å². The van der Waals surface area contributed by atoms with E-state index in [2.05, 4.69) is 21.0 Å². The first-order chi connectivity index (χ1) is 13.0. The number of aromatic nitrogens is 4. The molecule has 2 heterocycles. The number of fused-ring (bicyclic) bond motifs is 1. The molecule has 0 unspecified atom stereocenters. The maximum atomic E-state index is 12.3. The van der Waals surface area contributed by atoms with Gasteiger partial charge < -0.3 is 25.5 Å². The highest BCUT2D eigenvalue weighted by molar-refractivity contribution is 5.74. The fraction of sp³-hybridized carbons (Fsp3) is 0.353. The van der Waals surface area contributed by atoms with E-state index in [0.29, 0.717) is 24.8 Å². The molecule has 0 aliphatic carbocycles. The van der Waals surface area contributed by atoms with Crippen LogP contribution < -0.4 is 27.0 Å². The zero-order valence-electron chi connectivity index (χ0n) is 15.0. The maximum absolute atomic E-state index is 12.3. The number of aliphatic hydroxyl groups excluding tert-OH is 1. The second kappa shape index (κ2) is 8.06. The number of anilines is 1. The minimum absolute atomic E-state index is 0.0438. The summed E-state index contributed by atoms with van der Waals surface area (Å²) in [5, 5.41) is 13.5. The van der Waals surface area contributed by atoms with Crippen molar-refractivity contribution in [3.63, 3.8) is 0 Å². The van der Waals surface area contributed by atoms with Crippen LogP contribution in [-0.2, 0) is 13.6 Å². The maximum Gasteiger partial charge on any atom is 0.329 e. The van der Waals surface area contributed by atoms with Crippen LogP contribution in [0, 0.1) is 0 Å². The van der Waals surface area contributed by atoms with Crippen LogP contribution in [-0.4, -0.2) is 50.0 Å². The third-order valence-corrected chi connectivity index (χ3v) is 4.05. The second-order valence-electron chi connectivity index (χ2n) is 6.09. The van der Waals surface area contributed by atoms with Gasteiger partial charge in [-0.2, -0.15) is 4.98 Å². The average Bonchev–Trinajstić information content (AvgIpc) is 3.02. The monoisotopic (exact) mass is 375 g/mol. The van der Waals surface area contributed by atoms with Crippen LogP contribution in [0.3, 0.4) is 0 Å². The number of benzene rings is 1. The van der Waals surface area contributed by atoms with Gasteiger partial charge in [-0.1, -0.05) is 18.2 Å². The summed E-state index contributed by atoms with van der Waals surface area (Å²) in [5.41, 5.74) is 3.11. The van der Waals surface area contributed by atoms with Crippen LogP contribution >= 0.6 is 0 Å². The summed E-state index contributed by atoms with van der Waals surface area (Å²) in [6.45, 7) is 1.26. The van der Waals surface area contributed by atoms with Crippen LogP contribution in [0.25, 0.3) is 11.2 Å². The van der Waals surface area contributed by atoms with Crippen molar-refractivity contribution >= 4 is 17.1 Å². The number of ether oxygens (including phenoxy) is 1. The fourth-order valence-corrected chi connectivity index (χ4v) is 2.72. The number of aryl methyl sites for hydroxylation is 1. The zero-order valence-corrected chi connectivity index (χ0v) is 15.0. The molecule has 0 amide bonds. The molecular formula is C17H23N6O4+. The largest absolute Gasteiger partial charge is 0.491 e. The number of quaternary nitrogens is 1. The van der Waals surface area contributed by atoms with E-state index in [1.165, 1.54) is 11.6 Å². The van der Waals surface area contributed by atoms with Crippen LogP contribution in [0.5, 0.6) is 5.75 Å². The quantitative estimate of drug-likeness (QED) is 0.378. The zero-order chi connectivity index (χ0) is 19.4. The number of para-hydroxylation sites is 1. The Kier molecular flexibility index (Phi) is 5.57. The molecule has 10 nitrogen and oxygen atoms in total. The predicted molar refractivity (Wildman–Crippen MR) is 99.8 cm³/mol. The van der Waals surface area contributed by atoms with E-state index in [1.807, 2.05) is 18.2 Å². The number of aromatic amines is 1. The molecular weight excluding hydrogens is 352 g/mol. The highest BCUT2D eigenvalue weighted by Gasteiger charge is 2.19. The Morgan fingerprint density at radius 3 is 2.78 bits per heavy atom. The van der Waals surface area contributed by atoms with E-state index >= 15 is 0 Å². The normalized spacial score (nSPS) is 12.3. The Labute approximate surface area is 154 Å². The molecule has 0 saturated heterocycles. The summed E-state index contributed by atoms with van der Waals surface area (Å²) in [6.07, 6.45) is -0.889. The van der Waals surface area contributed by atoms with E-state index < -0.39 is 17.4 Å². The molecule has 27 heavy (non-hydrogen) atoms. The van der Waals surface area contributed by atoms with Crippen LogP contribution in [0.15, 0.2) is 39.9 Å². The van der Waals surface area contributed by atoms with Crippen molar-refractivity contribution in [2.45, 2.75) is 12.6 Å². The highest BCUT2D eigenvalue weighted by Crippen LogP contribution is 2.16. The molecule has 3 aromatic rings. The lowest BCUT2D eigenvalue weighted by atomic mass is 10.3. The van der Waals surface area contributed by atoms with Crippen molar-refractivity contribution in [3.8, 4) is 5.75 Å². The summed E-state index contributed by atoms with van der Waals surface area (Å²) < 4.78 is 8.38. The lowest BCUT2D eigenvalue weighted by Crippen LogP contribution is -2.53. The van der Waals surface area contributed by atoms with Crippen LogP contribution in [0.2, 0.25) is 0 Å². The van der Waals surface area contributed by atoms with Crippen molar-refractivity contribution in [2.24, 2.45) is 7.05 Å². The summed E-state index contributed by atoms with van der Waals surface area (Å²) in [6, 6.07) is 9.14. The molecule has 1 aromatic carbocycles. The third-order valence-electron chi connectivity index (χ3n) is 4.05. The van der Waals surface area contributed by atoms with Crippen molar-refractivity contribution in [3.05, 3.63) is 51.2 Å². The topological polar surface area (TPSA) is 142 Å². The Morgan fingerprint density at radius 1 is 1.33 bits per heavy atom. The van der Waals surface area contributed by atoms with E-state index in [9.17, 15) is 14.7 Å². The molecule has 0 aliphatic heterocycles. The van der Waals surface area contributed by atoms with Gasteiger partial charge in [0.05, 0.1) is 19.6 Å². The molecule has 3 rings (SSSR count). The Morgan fingerprint density at radius 2 is 2.07 bits per heavy atom. The smallest absolute Gasteiger partial charge is 0.329 e. The average molecular weight is 375 g/mol. The first kappa shape index (κ1) is 18.7. The lowest BCUT2D eigenvalue weighted by molar-refractivity contribution is -0.362. The Bertz CT molecular complexity index is 1020. The molecule has 0 saturated carbocycles. The van der Waals surface area contributed by atoms with Gasteiger partial charge in [0, 0.05) is 7.05 Å². The fourth-order valence-electron chi connectivity index (χ4n) is 2.72. The number of rotatable bonds is 8. The van der Waals surface area contributed by atoms with E-state index in [-0.39, 0.29) is 24.3 Å². The number of hydrogen-bond donors (Lipinski definition) is 4. The number of hydrogen-bond acceptors (Lipinski definition) is 6. The van der Waals surface area contributed by atoms with Gasteiger partial charge in [0.15, 0.2) is 11.2 Å². The molecule has 0 aliphatic rings. The Hall–Kier alpha value is -3.11. The highest BCUT2D eigenvalue weighted by atomic mass is 16.5. The molecule has 0 fully saturated rings. The van der Waals surface area contributed by atoms with Crippen LogP contribution in [0.1, 0.15) is 0 Å². The van der Waals surface area contributed by atoms with Crippen molar-refractivity contribution in [1.29, 1.82) is 0 Å². The SMILES string of the molecule is Cn1c(=O)[nH]c(=O)c2c1nc(NCC[NH3+])n2C[C@@H](O)COc1ccccc1. The van der Waals surface area contributed by atoms with Gasteiger partial charge in [-0.25, -0.2) is 4.79 Å². The van der Waals surface area contributed by atoms with Crippen LogP contribution in [0.4, 0.5) is 5.95 Å². The summed E-state index contributed by atoms with van der Waals surface area (Å²) >= 11 is 0. The molecule has 10 heteroatoms. The standard InChI is InChI=1S/C17H22N6O4/c1-22-14-13(15(25)21-17(22)26)23(16(20-14)19-8-7-18)9-11(24)10-27-12-5-3-2-4-6-12/h2-6,11,24H,7-10,18H2,1H3,(H,19,20)(H,21,25,26)/p+1/t11-/m1/s1. The molecule has 6 N–H and O–H groups in total. The number of H-pyrrole nitrogens is 1. The van der Waals surface area contributed by atoms with Crippen molar-refractivity contribution < 1.29 is 15.6 Å². The minimum Gasteiger partial charge on any atom is -0.491 e. The number of aliphatic hydroxyl groups is 1. The predicted octanol–water partition coefficient (Wildman–Crippen LogP) is -1.48. The second-order valence-corrected chi connectivity index (χ2v) is 6.09. The third kappa shape index (κ3) is 4.01. The van der Waals surface area contributed by atoms with Crippen molar-refractivity contribution in [1.82, 2.24) is 19.1 Å². The van der Waals surface area contributed by atoms with Gasteiger partial charge in [0.2, 0.25) is 5.95 Å². The first-order valence-electron chi connectivity index (χ1n) is 8.60. The molecule has 0 radical (unpaired) electrons. The molecule has 1 atom stereocenters. The lowest BCUT2D eigenvalue weighted by Gasteiger charge is -2.15. The number of imidazole rings is 1. The van der Waals surface area contributed by atoms with Crippen molar-refractivity contribution in [2.75, 3.05) is 25.0 Å². The van der Waals surface area contributed by atoms with Gasteiger partial charge in [-0.05, 0) is 12.1 Å². The Balaban J connectivity index is 1.90. The molecule has 2 aromatic heterocycles.